The molecular weight excluding hydrogens is 318 g/mol. The Morgan fingerprint density at radius 2 is 1.92 bits per heavy atom. The highest BCUT2D eigenvalue weighted by Gasteiger charge is 2.30. The third-order valence-electron chi connectivity index (χ3n) is 4.90. The first kappa shape index (κ1) is 17.1. The molecule has 1 unspecified atom stereocenters. The van der Waals surface area contributed by atoms with Crippen LogP contribution in [0.25, 0.3) is 0 Å². The highest BCUT2D eigenvalue weighted by molar-refractivity contribution is 5.70. The molecule has 132 valence electrons. The summed E-state index contributed by atoms with van der Waals surface area (Å²) < 4.78 is 31.8. The normalized spacial score (nSPS) is 23.9. The molecule has 2 heterocycles. The van der Waals surface area contributed by atoms with Gasteiger partial charge in [0.1, 0.15) is 0 Å². The number of carbonyl (C=O) groups is 1. The summed E-state index contributed by atoms with van der Waals surface area (Å²) in [6, 6.07) is 4.28. The molecule has 1 N–H and O–H groups in total. The van der Waals surface area contributed by atoms with Crippen molar-refractivity contribution < 1.29 is 23.4 Å². The Labute approximate surface area is 139 Å². The number of benzene rings is 1. The number of hydrogen-bond donors (Lipinski definition) is 1. The van der Waals surface area contributed by atoms with Crippen molar-refractivity contribution in [1.82, 2.24) is 4.90 Å². The molecule has 2 saturated heterocycles. The van der Waals surface area contributed by atoms with Crippen molar-refractivity contribution in [3.8, 4) is 0 Å². The van der Waals surface area contributed by atoms with Gasteiger partial charge in [0.15, 0.2) is 11.6 Å². The van der Waals surface area contributed by atoms with Crippen molar-refractivity contribution in [3.63, 3.8) is 0 Å². The Balaban J connectivity index is 1.59. The Morgan fingerprint density at radius 3 is 2.58 bits per heavy atom. The summed E-state index contributed by atoms with van der Waals surface area (Å²) in [6.07, 6.45) is 1.73. The van der Waals surface area contributed by atoms with Gasteiger partial charge < -0.3 is 14.7 Å². The molecule has 1 aromatic carbocycles. The van der Waals surface area contributed by atoms with Crippen LogP contribution in [-0.2, 0) is 9.53 Å². The van der Waals surface area contributed by atoms with Gasteiger partial charge in [-0.25, -0.2) is 8.78 Å². The molecule has 0 aromatic heterocycles. The van der Waals surface area contributed by atoms with Crippen LogP contribution in [0.5, 0.6) is 0 Å². The number of piperidine rings is 1. The number of nitrogens with zero attached hydrogens (tertiary/aromatic N) is 2. The molecule has 5 nitrogen and oxygen atoms in total. The fraction of sp³-hybridized carbons (Fsp3) is 0.588. The van der Waals surface area contributed by atoms with E-state index < -0.39 is 23.5 Å². The second-order valence-corrected chi connectivity index (χ2v) is 6.42. The van der Waals surface area contributed by atoms with Crippen molar-refractivity contribution in [1.29, 1.82) is 0 Å². The van der Waals surface area contributed by atoms with Crippen molar-refractivity contribution >= 4 is 11.7 Å². The van der Waals surface area contributed by atoms with Gasteiger partial charge in [-0.1, -0.05) is 0 Å². The Hall–Kier alpha value is -1.73. The van der Waals surface area contributed by atoms with E-state index in [0.717, 1.165) is 38.5 Å². The van der Waals surface area contributed by atoms with Crippen LogP contribution in [0.3, 0.4) is 0 Å². The molecule has 2 fully saturated rings. The van der Waals surface area contributed by atoms with E-state index in [1.165, 1.54) is 6.07 Å². The van der Waals surface area contributed by atoms with Gasteiger partial charge in [0, 0.05) is 44.0 Å². The Morgan fingerprint density at radius 1 is 1.17 bits per heavy atom. The van der Waals surface area contributed by atoms with Crippen LogP contribution in [0, 0.1) is 17.6 Å². The minimum Gasteiger partial charge on any atom is -0.481 e. The Bertz CT molecular complexity index is 591. The van der Waals surface area contributed by atoms with Crippen LogP contribution >= 0.6 is 0 Å². The zero-order chi connectivity index (χ0) is 17.1. The topological polar surface area (TPSA) is 53.0 Å². The van der Waals surface area contributed by atoms with E-state index >= 15 is 0 Å². The molecule has 1 atom stereocenters. The maximum atomic E-state index is 13.4. The quantitative estimate of drug-likeness (QED) is 0.912. The van der Waals surface area contributed by atoms with Crippen LogP contribution in [0.2, 0.25) is 0 Å². The Kier molecular flexibility index (Phi) is 5.30. The summed E-state index contributed by atoms with van der Waals surface area (Å²) in [7, 11) is 0. The third-order valence-corrected chi connectivity index (χ3v) is 4.90. The number of carboxylic acids is 1. The molecular formula is C17H22F2N2O3. The fourth-order valence-electron chi connectivity index (χ4n) is 3.49. The molecule has 0 radical (unpaired) electrons. The van der Waals surface area contributed by atoms with E-state index in [4.69, 9.17) is 4.74 Å². The standard InChI is InChI=1S/C17H22F2N2O3/c18-15-2-1-14(9-16(15)19)20-5-3-13(4-6-20)21-7-8-24-11-12(10-21)17(22)23/h1-2,9,12-13H,3-8,10-11H2,(H,22,23). The monoisotopic (exact) mass is 340 g/mol. The largest absolute Gasteiger partial charge is 0.481 e. The third kappa shape index (κ3) is 3.84. The maximum Gasteiger partial charge on any atom is 0.310 e. The van der Waals surface area contributed by atoms with E-state index in [1.807, 2.05) is 4.90 Å². The van der Waals surface area contributed by atoms with Crippen LogP contribution in [0.4, 0.5) is 14.5 Å². The smallest absolute Gasteiger partial charge is 0.310 e. The van der Waals surface area contributed by atoms with Crippen LogP contribution in [0.15, 0.2) is 18.2 Å². The second kappa shape index (κ2) is 7.44. The summed E-state index contributed by atoms with van der Waals surface area (Å²) in [5.41, 5.74) is 0.690. The zero-order valence-electron chi connectivity index (χ0n) is 13.5. The van der Waals surface area contributed by atoms with E-state index in [2.05, 4.69) is 4.90 Å². The fourth-order valence-corrected chi connectivity index (χ4v) is 3.49. The van der Waals surface area contributed by atoms with Crippen molar-refractivity contribution in [2.45, 2.75) is 18.9 Å². The predicted octanol–water partition coefficient (Wildman–Crippen LogP) is 1.97. The van der Waals surface area contributed by atoms with Gasteiger partial charge in [0.2, 0.25) is 0 Å². The molecule has 24 heavy (non-hydrogen) atoms. The second-order valence-electron chi connectivity index (χ2n) is 6.42. The predicted molar refractivity (Wildman–Crippen MR) is 85.1 cm³/mol. The molecule has 0 spiro atoms. The highest BCUT2D eigenvalue weighted by atomic mass is 19.2. The van der Waals surface area contributed by atoms with Crippen LogP contribution < -0.4 is 4.90 Å². The number of halogens is 2. The van der Waals surface area contributed by atoms with Crippen molar-refractivity contribution in [2.75, 3.05) is 44.3 Å². The summed E-state index contributed by atoms with van der Waals surface area (Å²) in [5, 5.41) is 9.24. The lowest BCUT2D eigenvalue weighted by molar-refractivity contribution is -0.143. The minimum atomic E-state index is -0.835. The molecule has 0 bridgehead atoms. The average molecular weight is 340 g/mol. The zero-order valence-corrected chi connectivity index (χ0v) is 13.5. The van der Waals surface area contributed by atoms with Crippen LogP contribution in [0.1, 0.15) is 12.8 Å². The van der Waals surface area contributed by atoms with Gasteiger partial charge in [-0.05, 0) is 25.0 Å². The van der Waals surface area contributed by atoms with E-state index in [1.54, 1.807) is 6.07 Å². The van der Waals surface area contributed by atoms with Gasteiger partial charge in [0.05, 0.1) is 19.1 Å². The number of carboxylic acid groups (broad SMARTS) is 1. The SMILES string of the molecule is O=C(O)C1COCCN(C2CCN(c3ccc(F)c(F)c3)CC2)C1. The highest BCUT2D eigenvalue weighted by Crippen LogP contribution is 2.25. The molecule has 7 heteroatoms. The summed E-state index contributed by atoms with van der Waals surface area (Å²) >= 11 is 0. The first-order chi connectivity index (χ1) is 11.5. The molecule has 3 rings (SSSR count). The van der Waals surface area contributed by atoms with Gasteiger partial charge in [-0.2, -0.15) is 0 Å². The number of anilines is 1. The van der Waals surface area contributed by atoms with Gasteiger partial charge in [-0.15, -0.1) is 0 Å². The number of aliphatic carboxylic acids is 1. The van der Waals surface area contributed by atoms with E-state index in [-0.39, 0.29) is 6.61 Å². The summed E-state index contributed by atoms with van der Waals surface area (Å²) in [5.74, 6) is -2.97. The van der Waals surface area contributed by atoms with E-state index in [9.17, 15) is 18.7 Å². The van der Waals surface area contributed by atoms with Gasteiger partial charge in [-0.3, -0.25) is 9.69 Å². The average Bonchev–Trinajstić information content (AvgIpc) is 2.84. The van der Waals surface area contributed by atoms with E-state index in [0.29, 0.717) is 24.9 Å². The minimum absolute atomic E-state index is 0.263. The lowest BCUT2D eigenvalue weighted by Crippen LogP contribution is -2.47. The molecule has 2 aliphatic heterocycles. The van der Waals surface area contributed by atoms with Crippen molar-refractivity contribution in [3.05, 3.63) is 29.8 Å². The molecule has 0 saturated carbocycles. The first-order valence-corrected chi connectivity index (χ1v) is 8.29. The van der Waals surface area contributed by atoms with Gasteiger partial charge in [0.25, 0.3) is 0 Å². The first-order valence-electron chi connectivity index (χ1n) is 8.29. The molecule has 0 amide bonds. The lowest BCUT2D eigenvalue weighted by atomic mass is 10.0. The van der Waals surface area contributed by atoms with Gasteiger partial charge >= 0.3 is 5.97 Å². The molecule has 1 aromatic rings. The number of ether oxygens (including phenoxy) is 1. The number of hydrogen-bond acceptors (Lipinski definition) is 4. The summed E-state index contributed by atoms with van der Waals surface area (Å²) in [6.45, 7) is 3.53. The van der Waals surface area contributed by atoms with Crippen molar-refractivity contribution in [2.24, 2.45) is 5.92 Å². The molecule has 2 aliphatic rings. The lowest BCUT2D eigenvalue weighted by Gasteiger charge is -2.39. The summed E-state index contributed by atoms with van der Waals surface area (Å²) in [4.78, 5) is 15.5. The van der Waals surface area contributed by atoms with Crippen LogP contribution in [-0.4, -0.2) is 61.4 Å². The maximum absolute atomic E-state index is 13.4. The molecule has 0 aliphatic carbocycles. The number of rotatable bonds is 3.